The van der Waals surface area contributed by atoms with Crippen molar-refractivity contribution in [2.45, 2.75) is 12.5 Å². The van der Waals surface area contributed by atoms with E-state index < -0.39 is 0 Å². The van der Waals surface area contributed by atoms with Crippen LogP contribution in [0.25, 0.3) is 6.08 Å². The number of amides is 2. The van der Waals surface area contributed by atoms with Gasteiger partial charge in [0, 0.05) is 4.47 Å². The molecule has 5 nitrogen and oxygen atoms in total. The number of halogens is 1. The standard InChI is InChI=1S/C23H24BrN3O2/c24-19-9-4-10-20(16-19)27-22(28)17-21(23(27)29)26-14-12-25(13-15-26)11-5-8-18-6-2-1-3-7-18/h1-10,16,21H,11-15,17H2/p+2. The lowest BCUT2D eigenvalue weighted by molar-refractivity contribution is -1.02. The summed E-state index contributed by atoms with van der Waals surface area (Å²) in [5.74, 6) is -0.151. The molecule has 2 aliphatic heterocycles. The van der Waals surface area contributed by atoms with Crippen LogP contribution in [0.4, 0.5) is 5.69 Å². The highest BCUT2D eigenvalue weighted by Gasteiger charge is 2.46. The number of imide groups is 1. The number of nitrogens with one attached hydrogen (secondary N) is 2. The minimum atomic E-state index is -0.247. The zero-order chi connectivity index (χ0) is 20.2. The molecule has 0 aliphatic carbocycles. The molecular formula is C23H26BrN3O2+2. The van der Waals surface area contributed by atoms with Gasteiger partial charge in [0.2, 0.25) is 5.91 Å². The van der Waals surface area contributed by atoms with Gasteiger partial charge in [-0.2, -0.15) is 0 Å². The fraction of sp³-hybridized carbons (Fsp3) is 0.304. The summed E-state index contributed by atoms with van der Waals surface area (Å²) in [6, 6.07) is 17.5. The van der Waals surface area contributed by atoms with E-state index >= 15 is 0 Å². The molecule has 0 saturated carbocycles. The quantitative estimate of drug-likeness (QED) is 0.647. The van der Waals surface area contributed by atoms with Gasteiger partial charge in [0.15, 0.2) is 6.04 Å². The molecule has 0 bridgehead atoms. The zero-order valence-electron chi connectivity index (χ0n) is 16.3. The molecule has 6 heteroatoms. The Bertz CT molecular complexity index is 907. The Labute approximate surface area is 179 Å². The second-order valence-corrected chi connectivity index (χ2v) is 8.65. The first-order valence-electron chi connectivity index (χ1n) is 10.1. The number of anilines is 1. The minimum absolute atomic E-state index is 0.0597. The number of rotatable bonds is 5. The monoisotopic (exact) mass is 455 g/mol. The molecular weight excluding hydrogens is 430 g/mol. The molecule has 29 heavy (non-hydrogen) atoms. The second-order valence-electron chi connectivity index (χ2n) is 7.73. The van der Waals surface area contributed by atoms with Crippen LogP contribution < -0.4 is 14.7 Å². The van der Waals surface area contributed by atoms with Gasteiger partial charge >= 0.3 is 0 Å². The van der Waals surface area contributed by atoms with Crippen molar-refractivity contribution in [3.05, 3.63) is 70.7 Å². The maximum atomic E-state index is 13.0. The Balaban J connectivity index is 1.32. The fourth-order valence-electron chi connectivity index (χ4n) is 4.24. The van der Waals surface area contributed by atoms with Crippen molar-refractivity contribution in [1.82, 2.24) is 0 Å². The van der Waals surface area contributed by atoms with Crippen LogP contribution in [0.2, 0.25) is 0 Å². The zero-order valence-corrected chi connectivity index (χ0v) is 17.9. The lowest BCUT2D eigenvalue weighted by atomic mass is 10.1. The first-order valence-corrected chi connectivity index (χ1v) is 10.9. The van der Waals surface area contributed by atoms with Gasteiger partial charge in [-0.1, -0.05) is 58.4 Å². The van der Waals surface area contributed by atoms with Gasteiger partial charge in [-0.25, -0.2) is 4.90 Å². The van der Waals surface area contributed by atoms with Crippen LogP contribution in [0.1, 0.15) is 12.0 Å². The summed E-state index contributed by atoms with van der Waals surface area (Å²) >= 11 is 3.42. The molecule has 150 valence electrons. The van der Waals surface area contributed by atoms with Crippen molar-refractivity contribution in [2.75, 3.05) is 37.6 Å². The van der Waals surface area contributed by atoms with E-state index in [1.54, 1.807) is 0 Å². The highest BCUT2D eigenvalue weighted by molar-refractivity contribution is 9.10. The highest BCUT2D eigenvalue weighted by atomic mass is 79.9. The number of carbonyl (C=O) groups excluding carboxylic acids is 2. The van der Waals surface area contributed by atoms with E-state index in [-0.39, 0.29) is 17.9 Å². The van der Waals surface area contributed by atoms with Gasteiger partial charge in [0.25, 0.3) is 5.91 Å². The van der Waals surface area contributed by atoms with E-state index in [9.17, 15) is 9.59 Å². The van der Waals surface area contributed by atoms with E-state index in [1.165, 1.54) is 20.3 Å². The van der Waals surface area contributed by atoms with Gasteiger partial charge in [0.05, 0.1) is 18.7 Å². The van der Waals surface area contributed by atoms with Gasteiger partial charge < -0.3 is 9.80 Å². The number of hydrogen-bond donors (Lipinski definition) is 2. The molecule has 1 unspecified atom stereocenters. The van der Waals surface area contributed by atoms with Gasteiger partial charge in [0.1, 0.15) is 26.2 Å². The molecule has 2 N–H and O–H groups in total. The average Bonchev–Trinajstić information content (AvgIpc) is 3.03. The van der Waals surface area contributed by atoms with Gasteiger partial charge in [-0.3, -0.25) is 9.59 Å². The Morgan fingerprint density at radius 3 is 2.48 bits per heavy atom. The molecule has 2 saturated heterocycles. The minimum Gasteiger partial charge on any atom is -0.322 e. The number of piperazine rings is 1. The van der Waals surface area contributed by atoms with Crippen molar-refractivity contribution in [3.8, 4) is 0 Å². The van der Waals surface area contributed by atoms with Crippen LogP contribution in [-0.2, 0) is 9.59 Å². The Morgan fingerprint density at radius 1 is 1.00 bits per heavy atom. The highest BCUT2D eigenvalue weighted by Crippen LogP contribution is 2.24. The summed E-state index contributed by atoms with van der Waals surface area (Å²) < 4.78 is 0.868. The van der Waals surface area contributed by atoms with Crippen LogP contribution in [-0.4, -0.2) is 50.6 Å². The Morgan fingerprint density at radius 2 is 1.76 bits per heavy atom. The summed E-state index contributed by atoms with van der Waals surface area (Å²) in [7, 11) is 0. The average molecular weight is 456 g/mol. The smallest absolute Gasteiger partial charge is 0.292 e. The molecule has 0 radical (unpaired) electrons. The molecule has 0 spiro atoms. The van der Waals surface area contributed by atoms with E-state index in [4.69, 9.17) is 0 Å². The predicted molar refractivity (Wildman–Crippen MR) is 117 cm³/mol. The largest absolute Gasteiger partial charge is 0.322 e. The van der Waals surface area contributed by atoms with Crippen molar-refractivity contribution in [3.63, 3.8) is 0 Å². The summed E-state index contributed by atoms with van der Waals surface area (Å²) in [4.78, 5) is 29.7. The second kappa shape index (κ2) is 9.03. The van der Waals surface area contributed by atoms with Crippen LogP contribution in [0.5, 0.6) is 0 Å². The molecule has 1 atom stereocenters. The maximum Gasteiger partial charge on any atom is 0.292 e. The summed E-state index contributed by atoms with van der Waals surface area (Å²) in [5, 5.41) is 0. The predicted octanol–water partition coefficient (Wildman–Crippen LogP) is 0.578. The number of carbonyl (C=O) groups is 2. The molecule has 2 aliphatic rings. The third kappa shape index (κ3) is 4.66. The van der Waals surface area contributed by atoms with Crippen molar-refractivity contribution >= 4 is 39.5 Å². The molecule has 2 amide bonds. The third-order valence-electron chi connectivity index (χ3n) is 5.82. The lowest BCUT2D eigenvalue weighted by Crippen LogP contribution is -3.30. The maximum absolute atomic E-state index is 13.0. The molecule has 2 heterocycles. The fourth-order valence-corrected chi connectivity index (χ4v) is 4.63. The normalized spacial score (nSPS) is 25.1. The number of benzene rings is 2. The van der Waals surface area contributed by atoms with Crippen molar-refractivity contribution in [2.24, 2.45) is 0 Å². The van der Waals surface area contributed by atoms with Gasteiger partial charge in [-0.05, 0) is 29.8 Å². The third-order valence-corrected chi connectivity index (χ3v) is 6.31. The first kappa shape index (κ1) is 20.0. The summed E-state index contributed by atoms with van der Waals surface area (Å²) in [6.45, 7) is 4.87. The Hall–Kier alpha value is -2.28. The van der Waals surface area contributed by atoms with Crippen LogP contribution in [0.15, 0.2) is 65.1 Å². The Kier molecular flexibility index (Phi) is 6.23. The van der Waals surface area contributed by atoms with Crippen LogP contribution in [0, 0.1) is 0 Å². The summed E-state index contributed by atoms with van der Waals surface area (Å²) in [6.07, 6.45) is 4.71. The van der Waals surface area contributed by atoms with Gasteiger partial charge in [-0.15, -0.1) is 0 Å². The number of quaternary nitrogens is 2. The van der Waals surface area contributed by atoms with E-state index in [1.807, 2.05) is 42.5 Å². The van der Waals surface area contributed by atoms with E-state index in [0.29, 0.717) is 12.1 Å². The molecule has 0 aromatic heterocycles. The van der Waals surface area contributed by atoms with Crippen molar-refractivity contribution < 1.29 is 19.4 Å². The van der Waals surface area contributed by atoms with Crippen LogP contribution >= 0.6 is 15.9 Å². The molecule has 4 rings (SSSR count). The van der Waals surface area contributed by atoms with Crippen molar-refractivity contribution in [1.29, 1.82) is 0 Å². The van der Waals surface area contributed by atoms with E-state index in [2.05, 4.69) is 40.2 Å². The summed E-state index contributed by atoms with van der Waals surface area (Å²) in [5.41, 5.74) is 1.88. The molecule has 2 aromatic rings. The number of hydrogen-bond acceptors (Lipinski definition) is 2. The first-order chi connectivity index (χ1) is 14.1. The van der Waals surface area contributed by atoms with E-state index in [0.717, 1.165) is 37.2 Å². The SMILES string of the molecule is O=C1CC([NH+]2CC[NH+](CC=Cc3ccccc3)CC2)C(=O)N1c1cccc(Br)c1. The molecule has 2 aromatic carbocycles. The lowest BCUT2D eigenvalue weighted by Gasteiger charge is -2.31. The molecule has 2 fully saturated rings. The topological polar surface area (TPSA) is 46.3 Å². The van der Waals surface area contributed by atoms with Crippen LogP contribution in [0.3, 0.4) is 0 Å². The number of nitrogens with zero attached hydrogens (tertiary/aromatic N) is 1.